The van der Waals surface area contributed by atoms with Crippen LogP contribution in [0.4, 0.5) is 13.2 Å². The van der Waals surface area contributed by atoms with Gasteiger partial charge >= 0.3 is 6.18 Å². The Morgan fingerprint density at radius 1 is 1.12 bits per heavy atom. The molecule has 4 nitrogen and oxygen atoms in total. The summed E-state index contributed by atoms with van der Waals surface area (Å²) in [5.74, 6) is 0.626. The van der Waals surface area contributed by atoms with Crippen molar-refractivity contribution < 1.29 is 26.3 Å². The number of halogens is 3. The summed E-state index contributed by atoms with van der Waals surface area (Å²) in [7, 11) is -2.36. The van der Waals surface area contributed by atoms with Crippen molar-refractivity contribution in [1.29, 1.82) is 0 Å². The van der Waals surface area contributed by atoms with E-state index in [1.54, 1.807) is 18.2 Å². The zero-order chi connectivity index (χ0) is 18.9. The molecule has 26 heavy (non-hydrogen) atoms. The summed E-state index contributed by atoms with van der Waals surface area (Å²) in [4.78, 5) is -0.139. The van der Waals surface area contributed by atoms with E-state index in [0.29, 0.717) is 25.1 Å². The van der Waals surface area contributed by atoms with E-state index in [1.807, 2.05) is 6.07 Å². The number of sulfonamides is 1. The largest absolute Gasteiger partial charge is 0.497 e. The zero-order valence-electron chi connectivity index (χ0n) is 14.0. The van der Waals surface area contributed by atoms with E-state index >= 15 is 0 Å². The van der Waals surface area contributed by atoms with E-state index in [0.717, 1.165) is 29.8 Å². The van der Waals surface area contributed by atoms with Gasteiger partial charge in [-0.05, 0) is 54.8 Å². The molecule has 1 aliphatic rings. The van der Waals surface area contributed by atoms with Crippen molar-refractivity contribution in [3.8, 4) is 5.75 Å². The standard InChI is InChI=1S/C18H18F3NO3S/c1-25-15-5-2-4-13(12-15)17-6-3-11-22(17)26(23,24)16-9-7-14(8-10-16)18(19,20)21/h2,4-5,7-10,12,17H,3,6,11H2,1H3. The van der Waals surface area contributed by atoms with Crippen molar-refractivity contribution in [2.45, 2.75) is 30.0 Å². The maximum atomic E-state index is 12.9. The quantitative estimate of drug-likeness (QED) is 0.791. The molecule has 0 aromatic heterocycles. The van der Waals surface area contributed by atoms with Gasteiger partial charge in [-0.25, -0.2) is 8.42 Å². The Morgan fingerprint density at radius 2 is 1.81 bits per heavy atom. The summed E-state index contributed by atoms with van der Waals surface area (Å²) in [6.45, 7) is 0.325. The average molecular weight is 385 g/mol. The second kappa shape index (κ2) is 6.92. The smallest absolute Gasteiger partial charge is 0.416 e. The van der Waals surface area contributed by atoms with Crippen molar-refractivity contribution in [2.75, 3.05) is 13.7 Å². The molecule has 1 aliphatic heterocycles. The van der Waals surface area contributed by atoms with Gasteiger partial charge in [0.25, 0.3) is 0 Å². The normalized spacial score (nSPS) is 18.8. The van der Waals surface area contributed by atoms with Crippen molar-refractivity contribution in [3.05, 3.63) is 59.7 Å². The minimum Gasteiger partial charge on any atom is -0.497 e. The van der Waals surface area contributed by atoms with Crippen molar-refractivity contribution >= 4 is 10.0 Å². The molecule has 0 radical (unpaired) electrons. The molecular weight excluding hydrogens is 367 g/mol. The Bertz CT molecular complexity index is 879. The summed E-state index contributed by atoms with van der Waals surface area (Å²) >= 11 is 0. The zero-order valence-corrected chi connectivity index (χ0v) is 14.8. The minimum atomic E-state index is -4.50. The minimum absolute atomic E-state index is 0.139. The lowest BCUT2D eigenvalue weighted by Gasteiger charge is -2.25. The lowest BCUT2D eigenvalue weighted by molar-refractivity contribution is -0.137. The maximum absolute atomic E-state index is 12.9. The van der Waals surface area contributed by atoms with Gasteiger partial charge in [-0.15, -0.1) is 0 Å². The predicted molar refractivity (Wildman–Crippen MR) is 90.3 cm³/mol. The molecule has 1 fully saturated rings. The summed E-state index contributed by atoms with van der Waals surface area (Å²) in [5, 5.41) is 0. The van der Waals surface area contributed by atoms with Gasteiger partial charge in [-0.3, -0.25) is 0 Å². The van der Waals surface area contributed by atoms with Gasteiger partial charge in [-0.2, -0.15) is 17.5 Å². The third kappa shape index (κ3) is 3.57. The molecule has 0 bridgehead atoms. The highest BCUT2D eigenvalue weighted by atomic mass is 32.2. The number of alkyl halides is 3. The SMILES string of the molecule is COc1cccc(C2CCCN2S(=O)(=O)c2ccc(C(F)(F)F)cc2)c1. The summed E-state index contributed by atoms with van der Waals surface area (Å²) in [6.07, 6.45) is -3.17. The van der Waals surface area contributed by atoms with Gasteiger partial charge in [0, 0.05) is 6.54 Å². The first-order chi connectivity index (χ1) is 12.2. The molecule has 0 spiro atoms. The molecule has 1 heterocycles. The lowest BCUT2D eigenvalue weighted by atomic mass is 10.1. The van der Waals surface area contributed by atoms with Crippen LogP contribution in [0.1, 0.15) is 30.0 Å². The fourth-order valence-corrected chi connectivity index (χ4v) is 4.84. The van der Waals surface area contributed by atoms with Crippen LogP contribution in [-0.4, -0.2) is 26.4 Å². The molecule has 0 aliphatic carbocycles. The van der Waals surface area contributed by atoms with Gasteiger partial charge in [0.2, 0.25) is 10.0 Å². The first kappa shape index (κ1) is 18.7. The molecule has 1 saturated heterocycles. The highest BCUT2D eigenvalue weighted by Crippen LogP contribution is 2.38. The molecule has 0 saturated carbocycles. The van der Waals surface area contributed by atoms with Crippen LogP contribution in [0.2, 0.25) is 0 Å². The van der Waals surface area contributed by atoms with Crippen LogP contribution < -0.4 is 4.74 Å². The van der Waals surface area contributed by atoms with E-state index in [9.17, 15) is 21.6 Å². The third-order valence-electron chi connectivity index (χ3n) is 4.47. The summed E-state index contributed by atoms with van der Waals surface area (Å²) in [5.41, 5.74) is -0.0699. The molecule has 2 aromatic rings. The second-order valence-corrected chi connectivity index (χ2v) is 7.96. The van der Waals surface area contributed by atoms with Crippen LogP contribution in [0.3, 0.4) is 0 Å². The van der Waals surface area contributed by atoms with E-state index in [-0.39, 0.29) is 10.9 Å². The topological polar surface area (TPSA) is 46.6 Å². The number of hydrogen-bond acceptors (Lipinski definition) is 3. The fourth-order valence-electron chi connectivity index (χ4n) is 3.16. The molecular formula is C18H18F3NO3S. The van der Waals surface area contributed by atoms with Crippen LogP contribution in [0.5, 0.6) is 5.75 Å². The van der Waals surface area contributed by atoms with Gasteiger partial charge in [0.05, 0.1) is 23.6 Å². The Labute approximate surface area is 150 Å². The lowest BCUT2D eigenvalue weighted by Crippen LogP contribution is -2.30. The predicted octanol–water partition coefficient (Wildman–Crippen LogP) is 4.24. The van der Waals surface area contributed by atoms with Crippen LogP contribution in [0, 0.1) is 0 Å². The summed E-state index contributed by atoms with van der Waals surface area (Å²) < 4.78 is 70.5. The highest BCUT2D eigenvalue weighted by molar-refractivity contribution is 7.89. The monoisotopic (exact) mass is 385 g/mol. The van der Waals surface area contributed by atoms with Crippen molar-refractivity contribution in [1.82, 2.24) is 4.31 Å². The maximum Gasteiger partial charge on any atom is 0.416 e. The molecule has 1 unspecified atom stereocenters. The number of hydrogen-bond donors (Lipinski definition) is 0. The molecule has 0 amide bonds. The van der Waals surface area contributed by atoms with Crippen molar-refractivity contribution in [3.63, 3.8) is 0 Å². The number of rotatable bonds is 4. The van der Waals surface area contributed by atoms with Gasteiger partial charge in [0.1, 0.15) is 5.75 Å². The Balaban J connectivity index is 1.92. The second-order valence-electron chi connectivity index (χ2n) is 6.07. The van der Waals surface area contributed by atoms with E-state index in [1.165, 1.54) is 11.4 Å². The molecule has 2 aromatic carbocycles. The van der Waals surface area contributed by atoms with Crippen LogP contribution >= 0.6 is 0 Å². The van der Waals surface area contributed by atoms with Crippen molar-refractivity contribution in [2.24, 2.45) is 0 Å². The van der Waals surface area contributed by atoms with E-state index in [2.05, 4.69) is 0 Å². The molecule has 3 rings (SSSR count). The molecule has 1 atom stereocenters. The van der Waals surface area contributed by atoms with Gasteiger partial charge < -0.3 is 4.74 Å². The average Bonchev–Trinajstić information content (AvgIpc) is 3.12. The van der Waals surface area contributed by atoms with Gasteiger partial charge in [-0.1, -0.05) is 12.1 Å². The number of ether oxygens (including phenoxy) is 1. The Morgan fingerprint density at radius 3 is 2.42 bits per heavy atom. The van der Waals surface area contributed by atoms with E-state index in [4.69, 9.17) is 4.74 Å². The first-order valence-electron chi connectivity index (χ1n) is 8.06. The third-order valence-corrected chi connectivity index (χ3v) is 6.39. The number of methoxy groups -OCH3 is 1. The number of nitrogens with zero attached hydrogens (tertiary/aromatic N) is 1. The first-order valence-corrected chi connectivity index (χ1v) is 9.50. The molecule has 0 N–H and O–H groups in total. The molecule has 8 heteroatoms. The van der Waals surface area contributed by atoms with E-state index < -0.39 is 21.8 Å². The highest BCUT2D eigenvalue weighted by Gasteiger charge is 2.37. The number of benzene rings is 2. The molecule has 140 valence electrons. The fraction of sp³-hybridized carbons (Fsp3) is 0.333. The van der Waals surface area contributed by atoms with Gasteiger partial charge in [0.15, 0.2) is 0 Å². The van der Waals surface area contributed by atoms with Crippen LogP contribution in [0.15, 0.2) is 53.4 Å². The summed E-state index contributed by atoms with van der Waals surface area (Å²) in [6, 6.07) is 10.4. The van der Waals surface area contributed by atoms with Crippen LogP contribution in [-0.2, 0) is 16.2 Å². The Hall–Kier alpha value is -2.06. The Kier molecular flexibility index (Phi) is 4.98. The van der Waals surface area contributed by atoms with Crippen LogP contribution in [0.25, 0.3) is 0 Å².